The van der Waals surface area contributed by atoms with Crippen LogP contribution in [0.1, 0.15) is 42.2 Å². The van der Waals surface area contributed by atoms with Gasteiger partial charge in [0.1, 0.15) is 4.90 Å². The molecule has 0 radical (unpaired) electrons. The molecule has 2 aromatic carbocycles. The van der Waals surface area contributed by atoms with E-state index in [1.165, 1.54) is 11.3 Å². The monoisotopic (exact) mass is 485 g/mol. The summed E-state index contributed by atoms with van der Waals surface area (Å²) in [6.45, 7) is 6.61. The van der Waals surface area contributed by atoms with Crippen LogP contribution in [0.3, 0.4) is 0 Å². The Balaban J connectivity index is 1.73. The number of hydrogen-bond donors (Lipinski definition) is 1. The Hall–Kier alpha value is -2.84. The van der Waals surface area contributed by atoms with E-state index < -0.39 is 9.84 Å². The molecule has 1 amide bonds. The molecule has 1 aromatic heterocycles. The van der Waals surface area contributed by atoms with Gasteiger partial charge < -0.3 is 14.8 Å². The van der Waals surface area contributed by atoms with Crippen LogP contribution in [0.2, 0.25) is 0 Å². The van der Waals surface area contributed by atoms with Gasteiger partial charge in [-0.1, -0.05) is 37.6 Å². The van der Waals surface area contributed by atoms with Gasteiger partial charge in [0.2, 0.25) is 15.7 Å². The van der Waals surface area contributed by atoms with Gasteiger partial charge in [0, 0.05) is 22.6 Å². The molecular weight excluding hydrogens is 458 g/mol. The number of fused-ring (bicyclic) bond motifs is 1. The molecule has 4 rings (SSSR count). The van der Waals surface area contributed by atoms with Crippen molar-refractivity contribution >= 4 is 32.8 Å². The van der Waals surface area contributed by atoms with E-state index in [4.69, 9.17) is 9.47 Å². The van der Waals surface area contributed by atoms with Crippen molar-refractivity contribution < 1.29 is 22.7 Å². The van der Waals surface area contributed by atoms with E-state index in [1.54, 1.807) is 36.8 Å². The van der Waals surface area contributed by atoms with Crippen LogP contribution < -0.4 is 14.8 Å². The van der Waals surface area contributed by atoms with Crippen molar-refractivity contribution in [3.8, 4) is 11.5 Å². The van der Waals surface area contributed by atoms with Crippen LogP contribution >= 0.6 is 11.3 Å². The minimum absolute atomic E-state index is 0.133. The molecule has 0 bridgehead atoms. The van der Waals surface area contributed by atoms with Crippen molar-refractivity contribution in [3.05, 3.63) is 63.8 Å². The van der Waals surface area contributed by atoms with E-state index in [0.717, 1.165) is 16.0 Å². The molecule has 0 aliphatic carbocycles. The quantitative estimate of drug-likeness (QED) is 0.484. The topological polar surface area (TPSA) is 81.7 Å². The van der Waals surface area contributed by atoms with E-state index in [0.29, 0.717) is 29.7 Å². The Labute approximate surface area is 198 Å². The number of methoxy groups -OCH3 is 1. The van der Waals surface area contributed by atoms with Gasteiger partial charge in [-0.3, -0.25) is 4.79 Å². The summed E-state index contributed by atoms with van der Waals surface area (Å²) in [7, 11) is -2.19. The number of thiophene rings is 1. The summed E-state index contributed by atoms with van der Waals surface area (Å²) in [5.41, 5.74) is 2.23. The summed E-state index contributed by atoms with van der Waals surface area (Å²) < 4.78 is 38.0. The number of benzene rings is 2. The summed E-state index contributed by atoms with van der Waals surface area (Å²) in [5, 5.41) is 4.43. The summed E-state index contributed by atoms with van der Waals surface area (Å²) >= 11 is 1.35. The van der Waals surface area contributed by atoms with Gasteiger partial charge in [-0.05, 0) is 42.7 Å². The van der Waals surface area contributed by atoms with Crippen LogP contribution in [0.5, 0.6) is 11.5 Å². The first-order valence-electron chi connectivity index (χ1n) is 10.7. The lowest BCUT2D eigenvalue weighted by atomic mass is 9.90. The maximum absolute atomic E-state index is 13.3. The fourth-order valence-corrected chi connectivity index (χ4v) is 6.70. The first kappa shape index (κ1) is 23.3. The number of carbonyl (C=O) groups excluding carboxylic acids is 1. The third-order valence-corrected chi connectivity index (χ3v) is 8.58. The summed E-state index contributed by atoms with van der Waals surface area (Å²) in [6.07, 6.45) is 0.229. The number of anilines is 1. The van der Waals surface area contributed by atoms with Crippen LogP contribution in [-0.4, -0.2) is 28.0 Å². The number of ether oxygens (including phenoxy) is 2. The van der Waals surface area contributed by atoms with E-state index >= 15 is 0 Å². The number of amides is 1. The van der Waals surface area contributed by atoms with Crippen LogP contribution in [0, 0.1) is 12.8 Å². The Kier molecular flexibility index (Phi) is 6.50. The SMILES string of the molecule is COc1cc(C2CC(=O)Nc3c(S(=O)(=O)c4ccc(C)cc4)csc32)ccc1OCC(C)C. The summed E-state index contributed by atoms with van der Waals surface area (Å²) in [4.78, 5) is 13.8. The van der Waals surface area contributed by atoms with Crippen LogP contribution in [-0.2, 0) is 14.6 Å². The molecule has 1 N–H and O–H groups in total. The van der Waals surface area contributed by atoms with Crippen molar-refractivity contribution in [1.82, 2.24) is 0 Å². The molecule has 1 atom stereocenters. The number of rotatable bonds is 7. The third kappa shape index (κ3) is 4.63. The van der Waals surface area contributed by atoms with Gasteiger partial charge in [-0.2, -0.15) is 0 Å². The zero-order valence-electron chi connectivity index (χ0n) is 19.0. The van der Waals surface area contributed by atoms with Crippen LogP contribution in [0.25, 0.3) is 0 Å². The lowest BCUT2D eigenvalue weighted by Gasteiger charge is -2.24. The third-order valence-electron chi connectivity index (χ3n) is 5.54. The largest absolute Gasteiger partial charge is 0.493 e. The molecule has 8 heteroatoms. The number of sulfone groups is 1. The minimum Gasteiger partial charge on any atom is -0.493 e. The second-order valence-corrected chi connectivity index (χ2v) is 11.4. The molecule has 1 aliphatic heterocycles. The molecule has 0 fully saturated rings. The standard InChI is InChI=1S/C25H27NO5S2/c1-15(2)13-31-20-10-7-17(11-21(20)30-4)19-12-23(27)26-24-22(14-32-25(19)24)33(28,29)18-8-5-16(3)6-9-18/h5-11,14-15,19H,12-13H2,1-4H3,(H,26,27). The number of nitrogens with one attached hydrogen (secondary N) is 1. The molecule has 1 unspecified atom stereocenters. The van der Waals surface area contributed by atoms with Crippen molar-refractivity contribution in [3.63, 3.8) is 0 Å². The Morgan fingerprint density at radius 3 is 2.52 bits per heavy atom. The molecular formula is C25H27NO5S2. The highest BCUT2D eigenvalue weighted by Gasteiger charge is 2.34. The Morgan fingerprint density at radius 2 is 1.85 bits per heavy atom. The lowest BCUT2D eigenvalue weighted by Crippen LogP contribution is -2.23. The van der Waals surface area contributed by atoms with Gasteiger partial charge in [0.05, 0.1) is 24.3 Å². The Bertz CT molecular complexity index is 1280. The lowest BCUT2D eigenvalue weighted by molar-refractivity contribution is -0.116. The fraction of sp³-hybridized carbons (Fsp3) is 0.320. The highest BCUT2D eigenvalue weighted by Crippen LogP contribution is 2.47. The van der Waals surface area contributed by atoms with Crippen molar-refractivity contribution in [2.24, 2.45) is 5.92 Å². The molecule has 3 aromatic rings. The molecule has 174 valence electrons. The number of carbonyl (C=O) groups is 1. The zero-order valence-corrected chi connectivity index (χ0v) is 20.7. The van der Waals surface area contributed by atoms with Gasteiger partial charge in [0.25, 0.3) is 0 Å². The molecule has 33 heavy (non-hydrogen) atoms. The van der Waals surface area contributed by atoms with E-state index in [-0.39, 0.29) is 28.0 Å². The molecule has 2 heterocycles. The maximum atomic E-state index is 13.3. The highest BCUT2D eigenvalue weighted by atomic mass is 32.2. The summed E-state index contributed by atoms with van der Waals surface area (Å²) in [6, 6.07) is 12.4. The minimum atomic E-state index is -3.77. The van der Waals surface area contributed by atoms with Gasteiger partial charge in [-0.25, -0.2) is 8.42 Å². The second-order valence-electron chi connectivity index (χ2n) is 8.58. The maximum Gasteiger partial charge on any atom is 0.225 e. The van der Waals surface area contributed by atoms with Crippen molar-refractivity contribution in [2.45, 2.75) is 42.9 Å². The summed E-state index contributed by atoms with van der Waals surface area (Å²) in [5.74, 6) is 1.12. The zero-order chi connectivity index (χ0) is 23.8. The molecule has 0 saturated heterocycles. The van der Waals surface area contributed by atoms with Gasteiger partial charge >= 0.3 is 0 Å². The normalized spacial score (nSPS) is 15.8. The van der Waals surface area contributed by atoms with Crippen LogP contribution in [0.4, 0.5) is 5.69 Å². The number of aryl methyl sites for hydroxylation is 1. The van der Waals surface area contributed by atoms with Crippen molar-refractivity contribution in [2.75, 3.05) is 19.0 Å². The first-order valence-corrected chi connectivity index (χ1v) is 13.1. The predicted octanol–water partition coefficient (Wildman–Crippen LogP) is 5.41. The molecule has 0 saturated carbocycles. The molecule has 6 nitrogen and oxygen atoms in total. The highest BCUT2D eigenvalue weighted by molar-refractivity contribution is 7.91. The van der Waals surface area contributed by atoms with Crippen LogP contribution in [0.15, 0.2) is 57.6 Å². The van der Waals surface area contributed by atoms with E-state index in [2.05, 4.69) is 19.2 Å². The smallest absolute Gasteiger partial charge is 0.225 e. The van der Waals surface area contributed by atoms with Crippen molar-refractivity contribution in [1.29, 1.82) is 0 Å². The average Bonchev–Trinajstić information content (AvgIpc) is 3.21. The first-order chi connectivity index (χ1) is 15.7. The van der Waals surface area contributed by atoms with E-state index in [9.17, 15) is 13.2 Å². The average molecular weight is 486 g/mol. The van der Waals surface area contributed by atoms with Gasteiger partial charge in [0.15, 0.2) is 11.5 Å². The number of hydrogen-bond acceptors (Lipinski definition) is 6. The second kappa shape index (κ2) is 9.19. The van der Waals surface area contributed by atoms with Gasteiger partial charge in [-0.15, -0.1) is 11.3 Å². The predicted molar refractivity (Wildman–Crippen MR) is 129 cm³/mol. The fourth-order valence-electron chi connectivity index (χ4n) is 3.79. The Morgan fingerprint density at radius 1 is 1.12 bits per heavy atom. The van der Waals surface area contributed by atoms with E-state index in [1.807, 2.05) is 25.1 Å². The molecule has 0 spiro atoms. The molecule has 1 aliphatic rings.